The molecule has 0 aromatic heterocycles. The van der Waals surface area contributed by atoms with E-state index in [1.54, 1.807) is 0 Å². The van der Waals surface area contributed by atoms with Crippen LogP contribution in [0.3, 0.4) is 0 Å². The molecule has 0 saturated carbocycles. The van der Waals surface area contributed by atoms with Gasteiger partial charge in [-0.25, -0.2) is 0 Å². The van der Waals surface area contributed by atoms with Crippen LogP contribution in [0.1, 0.15) is 39.5 Å². The van der Waals surface area contributed by atoms with Crippen LogP contribution in [0.15, 0.2) is 0 Å². The first-order valence-electron chi connectivity index (χ1n) is 3.60. The highest BCUT2D eigenvalue weighted by atomic mass is 127. The first kappa shape index (κ1) is 12.4. The Morgan fingerprint density at radius 1 is 1.33 bits per heavy atom. The van der Waals surface area contributed by atoms with Crippen LogP contribution >= 0.6 is 0 Å². The molecule has 9 heavy (non-hydrogen) atoms. The van der Waals surface area contributed by atoms with Crippen molar-refractivity contribution in [1.29, 1.82) is 0 Å². The maximum atomic E-state index is 3.91. The van der Waals surface area contributed by atoms with E-state index < -0.39 is 0 Å². The zero-order valence-corrected chi connectivity index (χ0v) is 8.65. The fourth-order valence-corrected chi connectivity index (χ4v) is 0.743. The molecule has 0 fully saturated rings. The molecule has 2 heteroatoms. The van der Waals surface area contributed by atoms with Gasteiger partial charge in [-0.2, -0.15) is 0 Å². The van der Waals surface area contributed by atoms with Crippen LogP contribution in [0, 0.1) is 0 Å². The Hall–Kier alpha value is 0.690. The SMILES string of the molecule is CCCCCC(C)[NH3+].[I-]. The number of hydrogen-bond donors (Lipinski definition) is 1. The molecule has 0 spiro atoms. The van der Waals surface area contributed by atoms with E-state index in [0.717, 1.165) is 0 Å². The molecule has 0 rings (SSSR count). The van der Waals surface area contributed by atoms with E-state index in [1.165, 1.54) is 25.7 Å². The molecular weight excluding hydrogens is 225 g/mol. The van der Waals surface area contributed by atoms with E-state index in [2.05, 4.69) is 19.6 Å². The molecular formula is C7H18IN. The predicted molar refractivity (Wildman–Crippen MR) is 36.5 cm³/mol. The Balaban J connectivity index is 0. The van der Waals surface area contributed by atoms with Crippen LogP contribution in [-0.2, 0) is 0 Å². The lowest BCUT2D eigenvalue weighted by atomic mass is 10.1. The summed E-state index contributed by atoms with van der Waals surface area (Å²) in [6.45, 7) is 4.41. The molecule has 0 saturated heterocycles. The van der Waals surface area contributed by atoms with Crippen LogP contribution in [-0.4, -0.2) is 6.04 Å². The summed E-state index contributed by atoms with van der Waals surface area (Å²) in [5.41, 5.74) is 3.91. The van der Waals surface area contributed by atoms with E-state index in [0.29, 0.717) is 6.04 Å². The molecule has 1 nitrogen and oxygen atoms in total. The van der Waals surface area contributed by atoms with Crippen molar-refractivity contribution in [2.24, 2.45) is 0 Å². The van der Waals surface area contributed by atoms with Crippen LogP contribution in [0.4, 0.5) is 0 Å². The number of rotatable bonds is 4. The average Bonchev–Trinajstić information content (AvgIpc) is 1.66. The summed E-state index contributed by atoms with van der Waals surface area (Å²) < 4.78 is 0. The summed E-state index contributed by atoms with van der Waals surface area (Å²) in [5.74, 6) is 0. The Morgan fingerprint density at radius 2 is 1.89 bits per heavy atom. The topological polar surface area (TPSA) is 27.6 Å². The molecule has 3 N–H and O–H groups in total. The molecule has 0 aromatic rings. The predicted octanol–water partition coefficient (Wildman–Crippen LogP) is -1.80. The van der Waals surface area contributed by atoms with Gasteiger partial charge in [0.25, 0.3) is 0 Å². The highest BCUT2D eigenvalue weighted by Crippen LogP contribution is 1.98. The van der Waals surface area contributed by atoms with Gasteiger partial charge in [0.15, 0.2) is 0 Å². The van der Waals surface area contributed by atoms with Crippen LogP contribution in [0.25, 0.3) is 0 Å². The monoisotopic (exact) mass is 243 g/mol. The largest absolute Gasteiger partial charge is 1.00 e. The molecule has 0 aliphatic carbocycles. The molecule has 0 radical (unpaired) electrons. The fraction of sp³-hybridized carbons (Fsp3) is 1.00. The van der Waals surface area contributed by atoms with E-state index in [9.17, 15) is 0 Å². The molecule has 58 valence electrons. The summed E-state index contributed by atoms with van der Waals surface area (Å²) in [7, 11) is 0. The minimum Gasteiger partial charge on any atom is -1.00 e. The second-order valence-corrected chi connectivity index (χ2v) is 2.60. The summed E-state index contributed by atoms with van der Waals surface area (Å²) in [5, 5.41) is 0. The van der Waals surface area contributed by atoms with Crippen molar-refractivity contribution in [1.82, 2.24) is 0 Å². The first-order chi connectivity index (χ1) is 3.77. The van der Waals surface area contributed by atoms with Crippen molar-refractivity contribution >= 4 is 0 Å². The van der Waals surface area contributed by atoms with Crippen LogP contribution < -0.4 is 29.7 Å². The van der Waals surface area contributed by atoms with E-state index in [4.69, 9.17) is 0 Å². The summed E-state index contributed by atoms with van der Waals surface area (Å²) in [4.78, 5) is 0. The second kappa shape index (κ2) is 8.69. The average molecular weight is 243 g/mol. The minimum absolute atomic E-state index is 0. The van der Waals surface area contributed by atoms with Crippen molar-refractivity contribution in [3.05, 3.63) is 0 Å². The lowest BCUT2D eigenvalue weighted by molar-refractivity contribution is -0.415. The molecule has 0 aliphatic heterocycles. The zero-order chi connectivity index (χ0) is 6.41. The third-order valence-corrected chi connectivity index (χ3v) is 1.30. The quantitative estimate of drug-likeness (QED) is 0.446. The fourth-order valence-electron chi connectivity index (χ4n) is 0.743. The zero-order valence-electron chi connectivity index (χ0n) is 6.49. The van der Waals surface area contributed by atoms with Gasteiger partial charge in [-0.3, -0.25) is 0 Å². The van der Waals surface area contributed by atoms with E-state index >= 15 is 0 Å². The first-order valence-corrected chi connectivity index (χ1v) is 3.60. The van der Waals surface area contributed by atoms with Gasteiger partial charge in [0.2, 0.25) is 0 Å². The van der Waals surface area contributed by atoms with Crippen LogP contribution in [0.5, 0.6) is 0 Å². The molecule has 0 amide bonds. The molecule has 0 aromatic carbocycles. The number of halogens is 1. The van der Waals surface area contributed by atoms with Gasteiger partial charge < -0.3 is 29.7 Å². The molecule has 1 unspecified atom stereocenters. The molecule has 1 atom stereocenters. The number of hydrogen-bond acceptors (Lipinski definition) is 0. The molecule has 0 heterocycles. The summed E-state index contributed by atoms with van der Waals surface area (Å²) in [6, 6.07) is 0.654. The maximum absolute atomic E-state index is 3.91. The van der Waals surface area contributed by atoms with Crippen molar-refractivity contribution in [3.63, 3.8) is 0 Å². The van der Waals surface area contributed by atoms with Gasteiger partial charge in [-0.15, -0.1) is 0 Å². The van der Waals surface area contributed by atoms with Crippen molar-refractivity contribution < 1.29 is 29.7 Å². The minimum atomic E-state index is 0. The standard InChI is InChI=1S/C7H17N.HI/c1-3-4-5-6-7(2)8;/h7H,3-6,8H2,1-2H3;1H. The van der Waals surface area contributed by atoms with Crippen molar-refractivity contribution in [2.45, 2.75) is 45.6 Å². The lowest BCUT2D eigenvalue weighted by Gasteiger charge is -1.98. The smallest absolute Gasteiger partial charge is 0.0815 e. The normalized spacial score (nSPS) is 12.3. The number of unbranched alkanes of at least 4 members (excludes halogenated alkanes) is 2. The van der Waals surface area contributed by atoms with Gasteiger partial charge >= 0.3 is 0 Å². The highest BCUT2D eigenvalue weighted by Gasteiger charge is 1.94. The lowest BCUT2D eigenvalue weighted by Crippen LogP contribution is -3.00. The summed E-state index contributed by atoms with van der Waals surface area (Å²) in [6.07, 6.45) is 5.36. The third-order valence-electron chi connectivity index (χ3n) is 1.30. The van der Waals surface area contributed by atoms with E-state index in [-0.39, 0.29) is 24.0 Å². The number of quaternary nitrogens is 1. The Kier molecular flexibility index (Phi) is 11.9. The van der Waals surface area contributed by atoms with Gasteiger partial charge in [0, 0.05) is 0 Å². The Labute approximate surface area is 75.4 Å². The van der Waals surface area contributed by atoms with Crippen molar-refractivity contribution in [2.75, 3.05) is 0 Å². The second-order valence-electron chi connectivity index (χ2n) is 2.60. The van der Waals surface area contributed by atoms with E-state index in [1.807, 2.05) is 0 Å². The molecule has 0 aliphatic rings. The molecule has 0 bridgehead atoms. The third kappa shape index (κ3) is 12.0. The van der Waals surface area contributed by atoms with Gasteiger partial charge in [0.1, 0.15) is 0 Å². The maximum Gasteiger partial charge on any atom is 0.0815 e. The van der Waals surface area contributed by atoms with Crippen LogP contribution in [0.2, 0.25) is 0 Å². The Bertz CT molecular complexity index is 46.2. The summed E-state index contributed by atoms with van der Waals surface area (Å²) >= 11 is 0. The van der Waals surface area contributed by atoms with Gasteiger partial charge in [0.05, 0.1) is 6.04 Å². The Morgan fingerprint density at radius 3 is 2.22 bits per heavy atom. The van der Waals surface area contributed by atoms with Gasteiger partial charge in [-0.1, -0.05) is 19.8 Å². The van der Waals surface area contributed by atoms with Gasteiger partial charge in [-0.05, 0) is 19.8 Å². The highest BCUT2D eigenvalue weighted by molar-refractivity contribution is 4.44. The van der Waals surface area contributed by atoms with Crippen molar-refractivity contribution in [3.8, 4) is 0 Å².